The van der Waals surface area contributed by atoms with E-state index >= 15 is 0 Å². The number of carbonyl (C=O) groups excluding carboxylic acids is 2. The summed E-state index contributed by atoms with van der Waals surface area (Å²) in [6, 6.07) is 0.232. The van der Waals surface area contributed by atoms with Crippen molar-refractivity contribution < 1.29 is 14.7 Å². The molecule has 0 spiro atoms. The van der Waals surface area contributed by atoms with Crippen molar-refractivity contribution in [1.29, 1.82) is 0 Å². The maximum Gasteiger partial charge on any atom is 0.257 e. The fraction of sp³-hybridized carbons (Fsp3) is 0.706. The van der Waals surface area contributed by atoms with E-state index in [1.165, 1.54) is 0 Å². The third-order valence-electron chi connectivity index (χ3n) is 5.08. The number of piperidine rings is 1. The summed E-state index contributed by atoms with van der Waals surface area (Å²) in [6.45, 7) is 4.73. The second-order valence-electron chi connectivity index (χ2n) is 7.35. The smallest absolute Gasteiger partial charge is 0.257 e. The van der Waals surface area contributed by atoms with Crippen molar-refractivity contribution >= 4 is 11.8 Å². The zero-order valence-corrected chi connectivity index (χ0v) is 14.9. The van der Waals surface area contributed by atoms with Crippen LogP contribution in [0.4, 0.5) is 0 Å². The zero-order valence-electron chi connectivity index (χ0n) is 14.9. The Morgan fingerprint density at radius 3 is 2.68 bits per heavy atom. The number of carbonyl (C=O) groups is 2. The molecule has 2 aliphatic heterocycles. The first-order chi connectivity index (χ1) is 11.8. The van der Waals surface area contributed by atoms with E-state index < -0.39 is 5.60 Å². The first-order valence-corrected chi connectivity index (χ1v) is 8.84. The van der Waals surface area contributed by atoms with Gasteiger partial charge in [0.1, 0.15) is 0 Å². The topological polar surface area (TPSA) is 90.7 Å². The number of β-amino-alcohol motifs (C(OH)–C–C–N with tert-alkyl or cyclic N) is 1. The van der Waals surface area contributed by atoms with Crippen LogP contribution < -0.4 is 5.32 Å². The molecule has 0 unspecified atom stereocenters. The minimum absolute atomic E-state index is 0.0115. The van der Waals surface area contributed by atoms with E-state index in [1.807, 2.05) is 0 Å². The number of hydrogen-bond donors (Lipinski definition) is 2. The number of rotatable bonds is 4. The van der Waals surface area contributed by atoms with E-state index in [0.717, 1.165) is 25.9 Å². The van der Waals surface area contributed by atoms with Crippen LogP contribution in [-0.4, -0.2) is 80.9 Å². The molecule has 3 heterocycles. The number of amides is 2. The number of nitrogens with zero attached hydrogens (tertiary/aromatic N) is 4. The quantitative estimate of drug-likeness (QED) is 0.772. The highest BCUT2D eigenvalue weighted by atomic mass is 16.3. The lowest BCUT2D eigenvalue weighted by Crippen LogP contribution is -2.50. The lowest BCUT2D eigenvalue weighted by molar-refractivity contribution is -0.120. The molecule has 138 valence electrons. The summed E-state index contributed by atoms with van der Waals surface area (Å²) in [4.78, 5) is 27.6. The fourth-order valence-electron chi connectivity index (χ4n) is 3.81. The molecular formula is C17H27N5O3. The zero-order chi connectivity index (χ0) is 18.0. The fourth-order valence-corrected chi connectivity index (χ4v) is 3.81. The number of likely N-dealkylation sites (tertiary alicyclic amines) is 2. The molecule has 2 N–H and O–H groups in total. The molecule has 1 aromatic heterocycles. The molecule has 2 saturated heterocycles. The highest BCUT2D eigenvalue weighted by molar-refractivity contribution is 5.94. The predicted octanol–water partition coefficient (Wildman–Crippen LogP) is -0.402. The normalized spacial score (nSPS) is 25.3. The Bertz CT molecular complexity index is 638. The molecule has 1 atom stereocenters. The predicted molar refractivity (Wildman–Crippen MR) is 92.0 cm³/mol. The molecule has 0 radical (unpaired) electrons. The van der Waals surface area contributed by atoms with Gasteiger partial charge in [0.2, 0.25) is 5.91 Å². The average Bonchev–Trinajstić information content (AvgIpc) is 3.15. The summed E-state index contributed by atoms with van der Waals surface area (Å²) in [5.74, 6) is -0.0641. The van der Waals surface area contributed by atoms with Gasteiger partial charge >= 0.3 is 0 Å². The van der Waals surface area contributed by atoms with Crippen molar-refractivity contribution in [2.24, 2.45) is 7.05 Å². The summed E-state index contributed by atoms with van der Waals surface area (Å²) >= 11 is 0. The number of aryl methyl sites for hydroxylation is 1. The molecule has 0 saturated carbocycles. The molecule has 2 aliphatic rings. The van der Waals surface area contributed by atoms with Crippen molar-refractivity contribution in [3.05, 3.63) is 18.0 Å². The average molecular weight is 349 g/mol. The Hall–Kier alpha value is -1.93. The van der Waals surface area contributed by atoms with Crippen LogP contribution in [0.2, 0.25) is 0 Å². The van der Waals surface area contributed by atoms with Crippen molar-refractivity contribution in [2.45, 2.75) is 37.8 Å². The molecule has 2 amide bonds. The van der Waals surface area contributed by atoms with E-state index in [4.69, 9.17) is 0 Å². The summed E-state index contributed by atoms with van der Waals surface area (Å²) in [6.07, 6.45) is 5.64. The van der Waals surface area contributed by atoms with E-state index in [1.54, 1.807) is 35.9 Å². The van der Waals surface area contributed by atoms with Crippen LogP contribution in [0.15, 0.2) is 12.4 Å². The lowest BCUT2D eigenvalue weighted by Gasteiger charge is -2.36. The minimum atomic E-state index is -0.862. The van der Waals surface area contributed by atoms with Gasteiger partial charge in [0.25, 0.3) is 5.91 Å². The van der Waals surface area contributed by atoms with Crippen molar-refractivity contribution in [3.8, 4) is 0 Å². The van der Waals surface area contributed by atoms with Crippen LogP contribution in [0.25, 0.3) is 0 Å². The molecule has 0 aliphatic carbocycles. The Kier molecular flexibility index (Phi) is 5.10. The second kappa shape index (κ2) is 7.13. The first-order valence-electron chi connectivity index (χ1n) is 8.84. The molecule has 8 nitrogen and oxygen atoms in total. The van der Waals surface area contributed by atoms with Crippen LogP contribution in [0.3, 0.4) is 0 Å². The number of nitrogens with one attached hydrogen (secondary N) is 1. The van der Waals surface area contributed by atoms with Crippen LogP contribution in [0.5, 0.6) is 0 Å². The van der Waals surface area contributed by atoms with Crippen LogP contribution in [0, 0.1) is 0 Å². The largest absolute Gasteiger partial charge is 0.387 e. The summed E-state index contributed by atoms with van der Waals surface area (Å²) in [7, 11) is 1.78. The molecule has 1 aromatic rings. The highest BCUT2D eigenvalue weighted by Crippen LogP contribution is 2.25. The van der Waals surface area contributed by atoms with Crippen molar-refractivity contribution in [1.82, 2.24) is 24.9 Å². The van der Waals surface area contributed by atoms with E-state index in [2.05, 4.69) is 15.3 Å². The van der Waals surface area contributed by atoms with Crippen LogP contribution >= 0.6 is 0 Å². The molecule has 0 aromatic carbocycles. The van der Waals surface area contributed by atoms with Crippen molar-refractivity contribution in [2.75, 3.05) is 32.7 Å². The number of hydrogen-bond acceptors (Lipinski definition) is 5. The molecular weight excluding hydrogens is 322 g/mol. The van der Waals surface area contributed by atoms with Gasteiger partial charge in [0.05, 0.1) is 23.9 Å². The van der Waals surface area contributed by atoms with Gasteiger partial charge in [-0.15, -0.1) is 0 Å². The Balaban J connectivity index is 1.50. The van der Waals surface area contributed by atoms with Gasteiger partial charge in [0, 0.05) is 52.4 Å². The Labute approximate surface area is 147 Å². The van der Waals surface area contributed by atoms with E-state index in [0.29, 0.717) is 31.6 Å². The van der Waals surface area contributed by atoms with Crippen LogP contribution in [-0.2, 0) is 11.8 Å². The number of aromatic nitrogens is 2. The third-order valence-corrected chi connectivity index (χ3v) is 5.08. The summed E-state index contributed by atoms with van der Waals surface area (Å²) in [5, 5.41) is 17.9. The maximum absolute atomic E-state index is 12.5. The number of aliphatic hydroxyl groups is 1. The van der Waals surface area contributed by atoms with Gasteiger partial charge in [-0.05, 0) is 19.3 Å². The third kappa shape index (κ3) is 4.38. The lowest BCUT2D eigenvalue weighted by atomic mass is 9.99. The minimum Gasteiger partial charge on any atom is -0.387 e. The van der Waals surface area contributed by atoms with Gasteiger partial charge in [-0.25, -0.2) is 0 Å². The maximum atomic E-state index is 12.5. The Morgan fingerprint density at radius 2 is 2.08 bits per heavy atom. The molecule has 8 heteroatoms. The van der Waals surface area contributed by atoms with Crippen molar-refractivity contribution in [3.63, 3.8) is 0 Å². The first kappa shape index (κ1) is 17.9. The Morgan fingerprint density at radius 1 is 1.36 bits per heavy atom. The summed E-state index contributed by atoms with van der Waals surface area (Å²) in [5.41, 5.74) is -0.304. The molecule has 2 fully saturated rings. The second-order valence-corrected chi connectivity index (χ2v) is 7.35. The molecule has 3 rings (SSSR count). The van der Waals surface area contributed by atoms with Gasteiger partial charge in [-0.2, -0.15) is 5.10 Å². The van der Waals surface area contributed by atoms with Gasteiger partial charge in [-0.1, -0.05) is 0 Å². The SMILES string of the molecule is CC(=O)NC1CCN(C[C@]2(O)CCN(C(=O)c3cnn(C)c3)C2)CC1. The van der Waals surface area contributed by atoms with Gasteiger partial charge in [-0.3, -0.25) is 14.3 Å². The highest BCUT2D eigenvalue weighted by Gasteiger charge is 2.40. The molecule has 25 heavy (non-hydrogen) atoms. The van der Waals surface area contributed by atoms with Gasteiger partial charge < -0.3 is 20.2 Å². The van der Waals surface area contributed by atoms with E-state index in [9.17, 15) is 14.7 Å². The molecule has 0 bridgehead atoms. The van der Waals surface area contributed by atoms with E-state index in [-0.39, 0.29) is 17.9 Å². The summed E-state index contributed by atoms with van der Waals surface area (Å²) < 4.78 is 1.61. The van der Waals surface area contributed by atoms with Gasteiger partial charge in [0.15, 0.2) is 0 Å². The van der Waals surface area contributed by atoms with Crippen LogP contribution in [0.1, 0.15) is 36.5 Å². The monoisotopic (exact) mass is 349 g/mol. The standard InChI is InChI=1S/C17H27N5O3/c1-13(23)19-15-3-6-21(7-4-15)11-17(25)5-8-22(12-17)16(24)14-9-18-20(2)10-14/h9-10,15,25H,3-8,11-12H2,1-2H3,(H,19,23)/t17-/m1/s1.